The van der Waals surface area contributed by atoms with Gasteiger partial charge in [-0.2, -0.15) is 0 Å². The number of nitrogens with zero attached hydrogens (tertiary/aromatic N) is 1. The molecule has 2 fully saturated rings. The van der Waals surface area contributed by atoms with E-state index in [0.29, 0.717) is 6.04 Å². The highest BCUT2D eigenvalue weighted by Gasteiger charge is 2.25. The third-order valence-electron chi connectivity index (χ3n) is 5.21. The minimum Gasteiger partial charge on any atom is -0.478 e. The lowest BCUT2D eigenvalue weighted by Crippen LogP contribution is -2.31. The Labute approximate surface area is 144 Å². The summed E-state index contributed by atoms with van der Waals surface area (Å²) < 4.78 is 0. The van der Waals surface area contributed by atoms with Gasteiger partial charge in [-0.1, -0.05) is 31.4 Å². The van der Waals surface area contributed by atoms with Gasteiger partial charge in [0.05, 0.1) is 0 Å². The van der Waals surface area contributed by atoms with Crippen LogP contribution >= 0.6 is 0 Å². The van der Waals surface area contributed by atoms with Crippen molar-refractivity contribution < 1.29 is 9.90 Å². The van der Waals surface area contributed by atoms with E-state index in [9.17, 15) is 4.79 Å². The van der Waals surface area contributed by atoms with Crippen LogP contribution in [0.15, 0.2) is 30.3 Å². The van der Waals surface area contributed by atoms with E-state index in [0.717, 1.165) is 23.7 Å². The number of benzene rings is 1. The molecule has 0 aromatic heterocycles. The van der Waals surface area contributed by atoms with Crippen LogP contribution in [0.1, 0.15) is 44.1 Å². The Balaban J connectivity index is 1.45. The van der Waals surface area contributed by atoms with Gasteiger partial charge in [0.2, 0.25) is 0 Å². The van der Waals surface area contributed by atoms with Crippen LogP contribution in [0.3, 0.4) is 0 Å². The Kier molecular flexibility index (Phi) is 5.91. The van der Waals surface area contributed by atoms with Crippen molar-refractivity contribution in [1.82, 2.24) is 4.90 Å². The molecule has 2 N–H and O–H groups in total. The molecule has 1 heterocycles. The fourth-order valence-electron chi connectivity index (χ4n) is 3.94. The van der Waals surface area contributed by atoms with Gasteiger partial charge in [0.1, 0.15) is 0 Å². The molecular weight excluding hydrogens is 300 g/mol. The standard InChI is InChI=1S/C20H28N2O2/c23-20(24)11-8-16-6-9-18(10-7-16)21-19-12-13-22(15-19)14-17-4-2-1-3-5-17/h6-11,17,19,21H,1-5,12-15H2,(H,23,24)/t19-/m1/s1. The van der Waals surface area contributed by atoms with E-state index >= 15 is 0 Å². The number of aliphatic carboxylic acids is 1. The Morgan fingerprint density at radius 1 is 1.17 bits per heavy atom. The number of rotatable bonds is 6. The van der Waals surface area contributed by atoms with E-state index in [1.807, 2.05) is 24.3 Å². The van der Waals surface area contributed by atoms with Crippen molar-refractivity contribution in [3.63, 3.8) is 0 Å². The topological polar surface area (TPSA) is 52.6 Å². The summed E-state index contributed by atoms with van der Waals surface area (Å²) in [5, 5.41) is 12.3. The molecule has 1 saturated heterocycles. The molecule has 1 aromatic carbocycles. The first-order chi connectivity index (χ1) is 11.7. The molecular formula is C20H28N2O2. The van der Waals surface area contributed by atoms with Gasteiger partial charge in [-0.05, 0) is 49.0 Å². The predicted molar refractivity (Wildman–Crippen MR) is 98.2 cm³/mol. The van der Waals surface area contributed by atoms with E-state index in [1.165, 1.54) is 57.7 Å². The minimum absolute atomic E-state index is 0.522. The normalized spacial score (nSPS) is 22.9. The molecule has 1 aliphatic heterocycles. The first-order valence-corrected chi connectivity index (χ1v) is 9.19. The molecule has 0 amide bonds. The van der Waals surface area contributed by atoms with Crippen LogP contribution in [0.4, 0.5) is 5.69 Å². The maximum atomic E-state index is 10.5. The fraction of sp³-hybridized carbons (Fsp3) is 0.550. The number of likely N-dealkylation sites (tertiary alicyclic amines) is 1. The maximum Gasteiger partial charge on any atom is 0.328 e. The third kappa shape index (κ3) is 5.10. The highest BCUT2D eigenvalue weighted by molar-refractivity contribution is 5.85. The van der Waals surface area contributed by atoms with Crippen molar-refractivity contribution in [1.29, 1.82) is 0 Å². The summed E-state index contributed by atoms with van der Waals surface area (Å²) in [5.74, 6) is -0.000907. The highest BCUT2D eigenvalue weighted by atomic mass is 16.4. The van der Waals surface area contributed by atoms with Crippen LogP contribution in [-0.4, -0.2) is 41.7 Å². The molecule has 4 heteroatoms. The van der Waals surface area contributed by atoms with Crippen molar-refractivity contribution in [3.05, 3.63) is 35.9 Å². The van der Waals surface area contributed by atoms with Gasteiger partial charge >= 0.3 is 5.97 Å². The zero-order valence-corrected chi connectivity index (χ0v) is 14.3. The predicted octanol–water partition coefficient (Wildman–Crippen LogP) is 3.85. The van der Waals surface area contributed by atoms with Gasteiger partial charge in [-0.3, -0.25) is 0 Å². The Bertz CT molecular complexity index is 562. The average molecular weight is 328 g/mol. The van der Waals surface area contributed by atoms with E-state index in [2.05, 4.69) is 10.2 Å². The molecule has 3 rings (SSSR count). The molecule has 130 valence electrons. The second kappa shape index (κ2) is 8.34. The second-order valence-electron chi connectivity index (χ2n) is 7.19. The molecule has 4 nitrogen and oxygen atoms in total. The van der Waals surface area contributed by atoms with Crippen molar-refractivity contribution in [2.24, 2.45) is 5.92 Å². The lowest BCUT2D eigenvalue weighted by Gasteiger charge is -2.26. The largest absolute Gasteiger partial charge is 0.478 e. The number of hydrogen-bond donors (Lipinski definition) is 2. The molecule has 2 aliphatic rings. The molecule has 0 unspecified atom stereocenters. The number of carbonyl (C=O) groups is 1. The van der Waals surface area contributed by atoms with Crippen molar-refractivity contribution in [2.75, 3.05) is 25.0 Å². The summed E-state index contributed by atoms with van der Waals surface area (Å²) in [6.45, 7) is 3.61. The van der Waals surface area contributed by atoms with Crippen LogP contribution in [0.25, 0.3) is 6.08 Å². The zero-order chi connectivity index (χ0) is 16.8. The summed E-state index contributed by atoms with van der Waals surface area (Å²) in [7, 11) is 0. The molecule has 1 aliphatic carbocycles. The lowest BCUT2D eigenvalue weighted by molar-refractivity contribution is -0.131. The van der Waals surface area contributed by atoms with E-state index in [-0.39, 0.29) is 0 Å². The number of nitrogens with one attached hydrogen (secondary N) is 1. The first kappa shape index (κ1) is 17.0. The number of carboxylic acids is 1. The molecule has 0 bridgehead atoms. The quantitative estimate of drug-likeness (QED) is 0.779. The maximum absolute atomic E-state index is 10.5. The zero-order valence-electron chi connectivity index (χ0n) is 14.3. The van der Waals surface area contributed by atoms with Crippen molar-refractivity contribution in [2.45, 2.75) is 44.6 Å². The van der Waals surface area contributed by atoms with Gasteiger partial charge in [-0.25, -0.2) is 4.79 Å². The van der Waals surface area contributed by atoms with Gasteiger partial charge in [0, 0.05) is 37.4 Å². The lowest BCUT2D eigenvalue weighted by atomic mass is 9.89. The van der Waals surface area contributed by atoms with E-state index in [1.54, 1.807) is 6.08 Å². The average Bonchev–Trinajstić information content (AvgIpc) is 3.02. The first-order valence-electron chi connectivity index (χ1n) is 9.19. The third-order valence-corrected chi connectivity index (χ3v) is 5.21. The minimum atomic E-state index is -0.916. The summed E-state index contributed by atoms with van der Waals surface area (Å²) >= 11 is 0. The Morgan fingerprint density at radius 3 is 2.62 bits per heavy atom. The fourth-order valence-corrected chi connectivity index (χ4v) is 3.94. The Morgan fingerprint density at radius 2 is 1.92 bits per heavy atom. The van der Waals surface area contributed by atoms with Crippen LogP contribution < -0.4 is 5.32 Å². The van der Waals surface area contributed by atoms with Crippen molar-refractivity contribution in [3.8, 4) is 0 Å². The van der Waals surface area contributed by atoms with Crippen LogP contribution in [0.2, 0.25) is 0 Å². The second-order valence-corrected chi connectivity index (χ2v) is 7.19. The molecule has 0 radical (unpaired) electrons. The molecule has 1 aromatic rings. The molecule has 0 spiro atoms. The summed E-state index contributed by atoms with van der Waals surface area (Å²) in [6, 6.07) is 8.50. The molecule has 24 heavy (non-hydrogen) atoms. The van der Waals surface area contributed by atoms with Gasteiger partial charge in [0.15, 0.2) is 0 Å². The van der Waals surface area contributed by atoms with Crippen LogP contribution in [-0.2, 0) is 4.79 Å². The van der Waals surface area contributed by atoms with Gasteiger partial charge in [-0.15, -0.1) is 0 Å². The number of hydrogen-bond acceptors (Lipinski definition) is 3. The smallest absolute Gasteiger partial charge is 0.328 e. The van der Waals surface area contributed by atoms with E-state index < -0.39 is 5.97 Å². The van der Waals surface area contributed by atoms with Gasteiger partial charge < -0.3 is 15.3 Å². The summed E-state index contributed by atoms with van der Waals surface area (Å²) in [5.41, 5.74) is 2.03. The summed E-state index contributed by atoms with van der Waals surface area (Å²) in [4.78, 5) is 13.2. The van der Waals surface area contributed by atoms with Gasteiger partial charge in [0.25, 0.3) is 0 Å². The highest BCUT2D eigenvalue weighted by Crippen LogP contribution is 2.26. The molecule has 1 atom stereocenters. The number of anilines is 1. The SMILES string of the molecule is O=C(O)C=Cc1ccc(N[C@@H]2CCN(CC3CCCCC3)C2)cc1. The monoisotopic (exact) mass is 328 g/mol. The van der Waals surface area contributed by atoms with Crippen LogP contribution in [0, 0.1) is 5.92 Å². The summed E-state index contributed by atoms with van der Waals surface area (Å²) in [6.07, 6.45) is 11.1. The Hall–Kier alpha value is -1.81. The number of carboxylic acid groups (broad SMARTS) is 1. The van der Waals surface area contributed by atoms with E-state index in [4.69, 9.17) is 5.11 Å². The van der Waals surface area contributed by atoms with Crippen LogP contribution in [0.5, 0.6) is 0 Å². The van der Waals surface area contributed by atoms with Crippen molar-refractivity contribution >= 4 is 17.7 Å². The molecule has 1 saturated carbocycles.